The fourth-order valence-corrected chi connectivity index (χ4v) is 2.21. The van der Waals surface area contributed by atoms with E-state index < -0.39 is 0 Å². The Bertz CT molecular complexity index is 566. The molecule has 0 atom stereocenters. The van der Waals surface area contributed by atoms with Crippen LogP contribution in [0.2, 0.25) is 0 Å². The number of hydrogen-bond acceptors (Lipinski definition) is 3. The number of methoxy groups -OCH3 is 1. The number of aryl methyl sites for hydroxylation is 1. The van der Waals surface area contributed by atoms with Gasteiger partial charge < -0.3 is 15.4 Å². The van der Waals surface area contributed by atoms with Gasteiger partial charge in [0.1, 0.15) is 5.75 Å². The first kappa shape index (κ1) is 13.3. The highest BCUT2D eigenvalue weighted by molar-refractivity contribution is 5.60. The zero-order valence-corrected chi connectivity index (χ0v) is 11.7. The van der Waals surface area contributed by atoms with E-state index in [1.807, 2.05) is 36.4 Å². The van der Waals surface area contributed by atoms with Crippen LogP contribution in [-0.2, 0) is 6.54 Å². The van der Waals surface area contributed by atoms with Crippen molar-refractivity contribution in [3.05, 3.63) is 53.6 Å². The van der Waals surface area contributed by atoms with Crippen molar-refractivity contribution >= 4 is 11.4 Å². The normalized spacial score (nSPS) is 10.3. The minimum absolute atomic E-state index is 0.785. The van der Waals surface area contributed by atoms with E-state index in [1.165, 1.54) is 5.56 Å². The fourth-order valence-electron chi connectivity index (χ4n) is 2.21. The molecule has 0 aliphatic heterocycles. The van der Waals surface area contributed by atoms with Crippen molar-refractivity contribution in [2.45, 2.75) is 13.5 Å². The molecular formula is C16H20N2O. The third-order valence-electron chi connectivity index (χ3n) is 3.24. The van der Waals surface area contributed by atoms with Crippen molar-refractivity contribution in [3.8, 4) is 5.75 Å². The van der Waals surface area contributed by atoms with Crippen LogP contribution in [0, 0.1) is 6.92 Å². The van der Waals surface area contributed by atoms with Crippen LogP contribution in [0.15, 0.2) is 42.5 Å². The lowest BCUT2D eigenvalue weighted by atomic mass is 10.1. The van der Waals surface area contributed by atoms with Crippen molar-refractivity contribution in [1.82, 2.24) is 0 Å². The van der Waals surface area contributed by atoms with Crippen molar-refractivity contribution in [3.63, 3.8) is 0 Å². The van der Waals surface area contributed by atoms with E-state index in [-0.39, 0.29) is 0 Å². The lowest BCUT2D eigenvalue weighted by Crippen LogP contribution is -2.18. The van der Waals surface area contributed by atoms with Crippen molar-refractivity contribution in [2.75, 3.05) is 24.8 Å². The van der Waals surface area contributed by atoms with E-state index in [1.54, 1.807) is 7.11 Å². The molecule has 0 unspecified atom stereocenters. The summed E-state index contributed by atoms with van der Waals surface area (Å²) in [5.74, 6) is 0.913. The van der Waals surface area contributed by atoms with Gasteiger partial charge in [-0.25, -0.2) is 0 Å². The van der Waals surface area contributed by atoms with Gasteiger partial charge >= 0.3 is 0 Å². The fraction of sp³-hybridized carbons (Fsp3) is 0.250. The molecule has 0 fully saturated rings. The van der Waals surface area contributed by atoms with E-state index in [2.05, 4.69) is 24.9 Å². The van der Waals surface area contributed by atoms with Gasteiger partial charge in [-0.2, -0.15) is 0 Å². The second kappa shape index (κ2) is 5.65. The summed E-state index contributed by atoms with van der Waals surface area (Å²) in [6.07, 6.45) is 0. The highest BCUT2D eigenvalue weighted by Gasteiger charge is 2.09. The van der Waals surface area contributed by atoms with Crippen molar-refractivity contribution < 1.29 is 4.74 Å². The molecule has 2 aromatic rings. The minimum atomic E-state index is 0.785. The van der Waals surface area contributed by atoms with Crippen LogP contribution in [0.25, 0.3) is 0 Å². The molecule has 0 radical (unpaired) electrons. The lowest BCUT2D eigenvalue weighted by Gasteiger charge is -2.23. The summed E-state index contributed by atoms with van der Waals surface area (Å²) in [6.45, 7) is 2.88. The number of hydrogen-bond donors (Lipinski definition) is 1. The lowest BCUT2D eigenvalue weighted by molar-refractivity contribution is 0.409. The van der Waals surface area contributed by atoms with Crippen LogP contribution in [0.5, 0.6) is 5.75 Å². The Morgan fingerprint density at radius 1 is 1.16 bits per heavy atom. The highest BCUT2D eigenvalue weighted by Crippen LogP contribution is 2.26. The second-order valence-corrected chi connectivity index (χ2v) is 4.71. The summed E-state index contributed by atoms with van der Waals surface area (Å²) in [4.78, 5) is 2.18. The average Bonchev–Trinajstić information content (AvgIpc) is 2.42. The molecule has 2 N–H and O–H groups in total. The topological polar surface area (TPSA) is 38.5 Å². The second-order valence-electron chi connectivity index (χ2n) is 4.71. The molecule has 100 valence electrons. The maximum absolute atomic E-state index is 5.86. The zero-order chi connectivity index (χ0) is 13.8. The van der Waals surface area contributed by atoms with E-state index in [0.717, 1.165) is 29.2 Å². The van der Waals surface area contributed by atoms with Crippen molar-refractivity contribution in [1.29, 1.82) is 0 Å². The molecular weight excluding hydrogens is 236 g/mol. The van der Waals surface area contributed by atoms with Gasteiger partial charge in [0.05, 0.1) is 7.11 Å². The summed E-state index contributed by atoms with van der Waals surface area (Å²) in [5, 5.41) is 0. The van der Waals surface area contributed by atoms with Crippen LogP contribution >= 0.6 is 0 Å². The summed E-state index contributed by atoms with van der Waals surface area (Å²) in [6, 6.07) is 14.0. The van der Waals surface area contributed by atoms with Gasteiger partial charge in [-0.1, -0.05) is 24.3 Å². The number of ether oxygens (including phenoxy) is 1. The number of nitrogens with zero attached hydrogens (tertiary/aromatic N) is 1. The standard InChI is InChI=1S/C16H20N2O/c1-12-8-9-14(17)10-15(12)18(2)11-13-6-4-5-7-16(13)19-3/h4-10H,11,17H2,1-3H3. The third-order valence-corrected chi connectivity index (χ3v) is 3.24. The van der Waals surface area contributed by atoms with Crippen LogP contribution in [0.3, 0.4) is 0 Å². The van der Waals surface area contributed by atoms with Gasteiger partial charge in [0.25, 0.3) is 0 Å². The highest BCUT2D eigenvalue weighted by atomic mass is 16.5. The molecule has 0 amide bonds. The summed E-state index contributed by atoms with van der Waals surface area (Å²) < 4.78 is 5.38. The SMILES string of the molecule is COc1ccccc1CN(C)c1cc(N)ccc1C. The van der Waals surface area contributed by atoms with Gasteiger partial charge in [0.2, 0.25) is 0 Å². The maximum atomic E-state index is 5.86. The van der Waals surface area contributed by atoms with Gasteiger partial charge in [-0.05, 0) is 30.7 Å². The van der Waals surface area contributed by atoms with Crippen LogP contribution in [0.1, 0.15) is 11.1 Å². The first-order valence-corrected chi connectivity index (χ1v) is 6.31. The molecule has 0 bridgehead atoms. The van der Waals surface area contributed by atoms with Gasteiger partial charge in [0.15, 0.2) is 0 Å². The molecule has 3 heteroatoms. The predicted molar refractivity (Wildman–Crippen MR) is 80.7 cm³/mol. The van der Waals surface area contributed by atoms with Gasteiger partial charge in [-0.3, -0.25) is 0 Å². The Balaban J connectivity index is 2.25. The van der Waals surface area contributed by atoms with Crippen LogP contribution in [0.4, 0.5) is 11.4 Å². The molecule has 0 saturated carbocycles. The molecule has 3 nitrogen and oxygen atoms in total. The van der Waals surface area contributed by atoms with E-state index in [0.29, 0.717) is 0 Å². The molecule has 19 heavy (non-hydrogen) atoms. The smallest absolute Gasteiger partial charge is 0.123 e. The van der Waals surface area contributed by atoms with Gasteiger partial charge in [-0.15, -0.1) is 0 Å². The largest absolute Gasteiger partial charge is 0.496 e. The zero-order valence-electron chi connectivity index (χ0n) is 11.7. The summed E-state index contributed by atoms with van der Waals surface area (Å²) >= 11 is 0. The van der Waals surface area contributed by atoms with Crippen LogP contribution < -0.4 is 15.4 Å². The Labute approximate surface area is 114 Å². The molecule has 0 spiro atoms. The quantitative estimate of drug-likeness (QED) is 0.854. The molecule has 0 aliphatic rings. The van der Waals surface area contributed by atoms with E-state index in [9.17, 15) is 0 Å². The number of benzene rings is 2. The van der Waals surface area contributed by atoms with Crippen molar-refractivity contribution in [2.24, 2.45) is 0 Å². The number of rotatable bonds is 4. The van der Waals surface area contributed by atoms with E-state index in [4.69, 9.17) is 10.5 Å². The van der Waals surface area contributed by atoms with Gasteiger partial charge in [0, 0.05) is 30.5 Å². The number of nitrogen functional groups attached to an aromatic ring is 1. The number of anilines is 2. The first-order valence-electron chi connectivity index (χ1n) is 6.31. The monoisotopic (exact) mass is 256 g/mol. The molecule has 0 aromatic heterocycles. The molecule has 0 saturated heterocycles. The number of nitrogens with two attached hydrogens (primary N) is 1. The number of para-hydroxylation sites is 1. The summed E-state index contributed by atoms with van der Waals surface area (Å²) in [7, 11) is 3.76. The molecule has 0 aliphatic carbocycles. The summed E-state index contributed by atoms with van der Waals surface area (Å²) in [5.41, 5.74) is 10.2. The third kappa shape index (κ3) is 2.99. The van der Waals surface area contributed by atoms with E-state index >= 15 is 0 Å². The predicted octanol–water partition coefficient (Wildman–Crippen LogP) is 3.22. The Morgan fingerprint density at radius 2 is 1.89 bits per heavy atom. The Hall–Kier alpha value is -2.16. The van der Waals surface area contributed by atoms with Crippen LogP contribution in [-0.4, -0.2) is 14.2 Å². The first-order chi connectivity index (χ1) is 9.11. The molecule has 0 heterocycles. The Morgan fingerprint density at radius 3 is 2.63 bits per heavy atom. The minimum Gasteiger partial charge on any atom is -0.496 e. The average molecular weight is 256 g/mol. The molecule has 2 aromatic carbocycles. The Kier molecular flexibility index (Phi) is 3.95. The maximum Gasteiger partial charge on any atom is 0.123 e. The molecule has 2 rings (SSSR count).